The second kappa shape index (κ2) is 9.03. The van der Waals surface area contributed by atoms with Crippen LogP contribution in [-0.2, 0) is 20.7 Å². The SMILES string of the molecule is Cc1nc(SCC(=O)O[C@@H]2C[C@H](C)CC[C@@H]2C(C)C)sc1CC(N)=O. The summed E-state index contributed by atoms with van der Waals surface area (Å²) in [4.78, 5) is 28.6. The van der Waals surface area contributed by atoms with Crippen LogP contribution in [-0.4, -0.2) is 28.7 Å². The molecule has 3 atom stereocenters. The monoisotopic (exact) mass is 384 g/mol. The molecule has 140 valence electrons. The van der Waals surface area contributed by atoms with Gasteiger partial charge in [0.2, 0.25) is 5.91 Å². The van der Waals surface area contributed by atoms with Crippen molar-refractivity contribution in [2.75, 3.05) is 5.75 Å². The molecule has 0 aromatic carbocycles. The largest absolute Gasteiger partial charge is 0.461 e. The van der Waals surface area contributed by atoms with Gasteiger partial charge in [0.05, 0.1) is 17.9 Å². The van der Waals surface area contributed by atoms with E-state index >= 15 is 0 Å². The Kier molecular flexibility index (Phi) is 7.31. The van der Waals surface area contributed by atoms with Gasteiger partial charge in [-0.05, 0) is 37.5 Å². The summed E-state index contributed by atoms with van der Waals surface area (Å²) in [5.74, 6) is 1.29. The van der Waals surface area contributed by atoms with Crippen molar-refractivity contribution < 1.29 is 14.3 Å². The molecule has 0 bridgehead atoms. The average molecular weight is 385 g/mol. The van der Waals surface area contributed by atoms with Gasteiger partial charge in [-0.2, -0.15) is 0 Å². The molecule has 2 rings (SSSR count). The maximum Gasteiger partial charge on any atom is 0.316 e. The molecule has 2 N–H and O–H groups in total. The lowest BCUT2D eigenvalue weighted by atomic mass is 9.75. The number of carbonyl (C=O) groups is 2. The molecule has 1 saturated carbocycles. The van der Waals surface area contributed by atoms with Crippen LogP contribution in [0.4, 0.5) is 0 Å². The minimum absolute atomic E-state index is 0.0281. The fraction of sp³-hybridized carbons (Fsp3) is 0.722. The molecule has 0 saturated heterocycles. The van der Waals surface area contributed by atoms with Gasteiger partial charge in [0, 0.05) is 4.88 Å². The maximum absolute atomic E-state index is 12.3. The minimum Gasteiger partial charge on any atom is -0.461 e. The van der Waals surface area contributed by atoms with Gasteiger partial charge in [-0.25, -0.2) is 4.98 Å². The van der Waals surface area contributed by atoms with Crippen LogP contribution in [0.25, 0.3) is 0 Å². The highest BCUT2D eigenvalue weighted by molar-refractivity contribution is 8.01. The number of thiazole rings is 1. The minimum atomic E-state index is -0.367. The molecule has 1 fully saturated rings. The lowest BCUT2D eigenvalue weighted by Gasteiger charge is -2.36. The number of esters is 1. The number of rotatable bonds is 7. The third-order valence-electron chi connectivity index (χ3n) is 4.77. The number of hydrogen-bond donors (Lipinski definition) is 1. The van der Waals surface area contributed by atoms with E-state index in [1.165, 1.54) is 29.5 Å². The molecular formula is C18H28N2O3S2. The Hall–Kier alpha value is -1.08. The van der Waals surface area contributed by atoms with Crippen LogP contribution in [0.15, 0.2) is 4.34 Å². The Labute approximate surface area is 158 Å². The summed E-state index contributed by atoms with van der Waals surface area (Å²) < 4.78 is 6.58. The van der Waals surface area contributed by atoms with Crippen molar-refractivity contribution in [2.24, 2.45) is 23.5 Å². The fourth-order valence-electron chi connectivity index (χ4n) is 3.36. The number of ether oxygens (including phenoxy) is 1. The highest BCUT2D eigenvalue weighted by Gasteiger charge is 2.33. The van der Waals surface area contributed by atoms with Crippen LogP contribution < -0.4 is 5.73 Å². The first-order valence-corrected chi connectivity index (χ1v) is 10.6. The molecule has 1 aromatic heterocycles. The van der Waals surface area contributed by atoms with Gasteiger partial charge in [-0.1, -0.05) is 39.0 Å². The van der Waals surface area contributed by atoms with E-state index in [1.807, 2.05) is 6.92 Å². The molecule has 0 radical (unpaired) electrons. The Morgan fingerprint density at radius 3 is 2.76 bits per heavy atom. The molecule has 1 heterocycles. The predicted molar refractivity (Wildman–Crippen MR) is 102 cm³/mol. The average Bonchev–Trinajstić information content (AvgIpc) is 2.84. The molecule has 25 heavy (non-hydrogen) atoms. The summed E-state index contributed by atoms with van der Waals surface area (Å²) in [6.45, 7) is 8.49. The van der Waals surface area contributed by atoms with E-state index in [4.69, 9.17) is 10.5 Å². The third-order valence-corrected chi connectivity index (χ3v) is 7.04. The van der Waals surface area contributed by atoms with Gasteiger partial charge >= 0.3 is 5.97 Å². The van der Waals surface area contributed by atoms with E-state index in [1.54, 1.807) is 0 Å². The highest BCUT2D eigenvalue weighted by Crippen LogP contribution is 2.36. The topological polar surface area (TPSA) is 82.3 Å². The van der Waals surface area contributed by atoms with Gasteiger partial charge in [-0.3, -0.25) is 9.59 Å². The zero-order valence-electron chi connectivity index (χ0n) is 15.4. The number of thioether (sulfide) groups is 1. The van der Waals surface area contributed by atoms with Crippen molar-refractivity contribution in [3.8, 4) is 0 Å². The predicted octanol–water partition coefficient (Wildman–Crippen LogP) is 3.58. The highest BCUT2D eigenvalue weighted by atomic mass is 32.2. The van der Waals surface area contributed by atoms with Crippen LogP contribution in [0.1, 0.15) is 50.6 Å². The zero-order chi connectivity index (χ0) is 18.6. The van der Waals surface area contributed by atoms with Crippen LogP contribution in [0, 0.1) is 24.7 Å². The lowest BCUT2D eigenvalue weighted by Crippen LogP contribution is -2.36. The van der Waals surface area contributed by atoms with Crippen molar-refractivity contribution in [3.63, 3.8) is 0 Å². The normalized spacial score (nSPS) is 23.6. The second-order valence-electron chi connectivity index (χ2n) is 7.27. The first kappa shape index (κ1) is 20.2. The molecule has 7 heteroatoms. The van der Waals surface area contributed by atoms with Crippen LogP contribution in [0.3, 0.4) is 0 Å². The molecule has 5 nitrogen and oxygen atoms in total. The molecule has 1 aliphatic carbocycles. The van der Waals surface area contributed by atoms with E-state index in [-0.39, 0.29) is 30.2 Å². The van der Waals surface area contributed by atoms with E-state index in [2.05, 4.69) is 25.8 Å². The number of nitrogens with two attached hydrogens (primary N) is 1. The molecule has 1 amide bonds. The Bertz CT molecular complexity index is 615. The molecule has 0 unspecified atom stereocenters. The van der Waals surface area contributed by atoms with E-state index < -0.39 is 0 Å². The fourth-order valence-corrected chi connectivity index (χ4v) is 5.39. The van der Waals surface area contributed by atoms with Gasteiger partial charge in [0.1, 0.15) is 6.10 Å². The summed E-state index contributed by atoms with van der Waals surface area (Å²) >= 11 is 2.80. The first-order valence-electron chi connectivity index (χ1n) is 8.83. The Morgan fingerprint density at radius 2 is 2.12 bits per heavy atom. The number of carbonyl (C=O) groups excluding carboxylic acids is 2. The molecule has 0 spiro atoms. The number of aryl methyl sites for hydroxylation is 1. The van der Waals surface area contributed by atoms with Crippen LogP contribution in [0.5, 0.6) is 0 Å². The molecule has 1 aromatic rings. The molecular weight excluding hydrogens is 356 g/mol. The van der Waals surface area contributed by atoms with E-state index in [9.17, 15) is 9.59 Å². The Balaban J connectivity index is 1.88. The van der Waals surface area contributed by atoms with Crippen molar-refractivity contribution in [3.05, 3.63) is 10.6 Å². The summed E-state index contributed by atoms with van der Waals surface area (Å²) in [6.07, 6.45) is 3.53. The van der Waals surface area contributed by atoms with Gasteiger partial charge in [0.15, 0.2) is 4.34 Å². The molecule has 1 aliphatic rings. The van der Waals surface area contributed by atoms with Crippen molar-refractivity contribution in [1.29, 1.82) is 0 Å². The lowest BCUT2D eigenvalue weighted by molar-refractivity contribution is -0.152. The van der Waals surface area contributed by atoms with Gasteiger partial charge in [-0.15, -0.1) is 11.3 Å². The van der Waals surface area contributed by atoms with Crippen molar-refractivity contribution in [1.82, 2.24) is 4.98 Å². The van der Waals surface area contributed by atoms with E-state index in [0.29, 0.717) is 17.8 Å². The molecule has 0 aliphatic heterocycles. The van der Waals surface area contributed by atoms with Gasteiger partial charge in [0.25, 0.3) is 0 Å². The number of hydrogen-bond acceptors (Lipinski definition) is 6. The van der Waals surface area contributed by atoms with Crippen LogP contribution in [0.2, 0.25) is 0 Å². The van der Waals surface area contributed by atoms with E-state index in [0.717, 1.165) is 27.8 Å². The number of nitrogens with zero attached hydrogens (tertiary/aromatic N) is 1. The Morgan fingerprint density at radius 1 is 1.40 bits per heavy atom. The number of primary amides is 1. The van der Waals surface area contributed by atoms with Crippen molar-refractivity contribution in [2.45, 2.75) is 63.8 Å². The number of amides is 1. The van der Waals surface area contributed by atoms with Crippen molar-refractivity contribution >= 4 is 35.0 Å². The maximum atomic E-state index is 12.3. The third kappa shape index (κ3) is 5.99. The number of aromatic nitrogens is 1. The summed E-state index contributed by atoms with van der Waals surface area (Å²) in [6, 6.07) is 0. The van der Waals surface area contributed by atoms with Gasteiger partial charge < -0.3 is 10.5 Å². The zero-order valence-corrected chi connectivity index (χ0v) is 17.0. The summed E-state index contributed by atoms with van der Waals surface area (Å²) in [5, 5.41) is 0. The standard InChI is InChI=1S/C18H28N2O3S2/c1-10(2)13-6-5-11(3)7-14(13)23-17(22)9-24-18-20-12(4)15(25-18)8-16(19)21/h10-11,13-14H,5-9H2,1-4H3,(H2,19,21)/t11-,13-,14-/m1/s1. The second-order valence-corrected chi connectivity index (χ2v) is 9.58. The quantitative estimate of drug-likeness (QED) is 0.574. The smallest absolute Gasteiger partial charge is 0.316 e. The summed E-state index contributed by atoms with van der Waals surface area (Å²) in [5.41, 5.74) is 6.04. The first-order chi connectivity index (χ1) is 11.8. The van der Waals surface area contributed by atoms with Crippen LogP contribution >= 0.6 is 23.1 Å². The summed E-state index contributed by atoms with van der Waals surface area (Å²) in [7, 11) is 0.